The average Bonchev–Trinajstić information content (AvgIpc) is 2.99. The van der Waals surface area contributed by atoms with Crippen molar-refractivity contribution in [3.05, 3.63) is 48.7 Å². The highest BCUT2D eigenvalue weighted by atomic mass is 16.5. The van der Waals surface area contributed by atoms with E-state index in [4.69, 9.17) is 9.15 Å². The summed E-state index contributed by atoms with van der Waals surface area (Å²) in [4.78, 5) is 18.6. The first-order chi connectivity index (χ1) is 8.33. The van der Waals surface area contributed by atoms with E-state index in [0.717, 1.165) is 11.0 Å². The van der Waals surface area contributed by atoms with Crippen LogP contribution in [0.4, 0.5) is 0 Å². The Morgan fingerprint density at radius 2 is 2.29 bits per heavy atom. The van der Waals surface area contributed by atoms with Gasteiger partial charge in [0.15, 0.2) is 0 Å². The summed E-state index contributed by atoms with van der Waals surface area (Å²) >= 11 is 0. The number of carbonyl (C=O) groups excluding carboxylic acids is 1. The number of hydrogen-bond acceptors (Lipinski definition) is 4. The summed E-state index contributed by atoms with van der Waals surface area (Å²) in [6.07, 6.45) is 3.01. The van der Waals surface area contributed by atoms with Crippen LogP contribution in [0.3, 0.4) is 0 Å². The number of imidazole rings is 1. The van der Waals surface area contributed by atoms with Gasteiger partial charge >= 0.3 is 5.97 Å². The number of benzene rings is 1. The van der Waals surface area contributed by atoms with E-state index >= 15 is 0 Å². The molecule has 1 N–H and O–H groups in total. The Morgan fingerprint density at radius 1 is 1.35 bits per heavy atom. The molecule has 0 atom stereocenters. The minimum Gasteiger partial charge on any atom is -0.457 e. The van der Waals surface area contributed by atoms with Crippen LogP contribution in [0.2, 0.25) is 0 Å². The number of fused-ring (bicyclic) bond motifs is 1. The Bertz CT molecular complexity index is 655. The summed E-state index contributed by atoms with van der Waals surface area (Å²) in [5.74, 6) is 0.0861. The zero-order valence-electron chi connectivity index (χ0n) is 8.71. The Balaban J connectivity index is 1.87. The van der Waals surface area contributed by atoms with E-state index in [9.17, 15) is 4.79 Å². The molecule has 0 saturated heterocycles. The Labute approximate surface area is 96.0 Å². The van der Waals surface area contributed by atoms with Gasteiger partial charge in [-0.3, -0.25) is 0 Å². The molecule has 5 heteroatoms. The van der Waals surface area contributed by atoms with Crippen LogP contribution in [0, 0.1) is 0 Å². The highest BCUT2D eigenvalue weighted by Crippen LogP contribution is 2.18. The fraction of sp³-hybridized carbons (Fsp3) is 0. The van der Waals surface area contributed by atoms with Crippen LogP contribution in [-0.2, 0) is 0 Å². The maximum absolute atomic E-state index is 11.6. The van der Waals surface area contributed by atoms with Crippen LogP contribution < -0.4 is 4.74 Å². The number of H-pyrrole nitrogens is 1. The number of rotatable bonds is 2. The molecule has 84 valence electrons. The highest BCUT2D eigenvalue weighted by Gasteiger charge is 2.11. The molecule has 3 rings (SSSR count). The van der Waals surface area contributed by atoms with E-state index in [1.165, 1.54) is 6.26 Å². The lowest BCUT2D eigenvalue weighted by molar-refractivity contribution is 0.0701. The fourth-order valence-electron chi connectivity index (χ4n) is 1.53. The molecule has 0 radical (unpaired) electrons. The van der Waals surface area contributed by atoms with Crippen LogP contribution in [0.25, 0.3) is 11.0 Å². The smallest absolute Gasteiger partial charge is 0.379 e. The normalized spacial score (nSPS) is 10.6. The first-order valence-electron chi connectivity index (χ1n) is 5.02. The molecule has 0 bridgehead atoms. The monoisotopic (exact) mass is 228 g/mol. The molecule has 0 aliphatic carbocycles. The Morgan fingerprint density at radius 3 is 3.12 bits per heavy atom. The maximum Gasteiger partial charge on any atom is 0.379 e. The van der Waals surface area contributed by atoms with Crippen molar-refractivity contribution >= 4 is 17.0 Å². The number of nitrogens with zero attached hydrogens (tertiary/aromatic N) is 1. The van der Waals surface area contributed by atoms with E-state index in [1.807, 2.05) is 0 Å². The van der Waals surface area contributed by atoms with Gasteiger partial charge in [0.25, 0.3) is 0 Å². The molecule has 0 spiro atoms. The summed E-state index contributed by atoms with van der Waals surface area (Å²) in [6.45, 7) is 0. The number of aromatic nitrogens is 2. The molecule has 5 nitrogen and oxygen atoms in total. The molecule has 3 aromatic rings. The van der Waals surface area contributed by atoms with Crippen molar-refractivity contribution in [2.24, 2.45) is 0 Å². The quantitative estimate of drug-likeness (QED) is 0.540. The van der Waals surface area contributed by atoms with Gasteiger partial charge in [-0.1, -0.05) is 0 Å². The first kappa shape index (κ1) is 9.65. The van der Waals surface area contributed by atoms with Crippen molar-refractivity contribution in [2.75, 3.05) is 0 Å². The molecule has 0 aliphatic rings. The first-order valence-corrected chi connectivity index (χ1v) is 5.02. The van der Waals surface area contributed by atoms with Gasteiger partial charge in [-0.25, -0.2) is 9.78 Å². The van der Waals surface area contributed by atoms with Crippen LogP contribution in [0.15, 0.2) is 47.3 Å². The van der Waals surface area contributed by atoms with E-state index < -0.39 is 5.97 Å². The van der Waals surface area contributed by atoms with E-state index in [0.29, 0.717) is 5.75 Å². The number of furan rings is 1. The van der Waals surface area contributed by atoms with Crippen LogP contribution >= 0.6 is 0 Å². The van der Waals surface area contributed by atoms with E-state index in [1.54, 1.807) is 36.7 Å². The summed E-state index contributed by atoms with van der Waals surface area (Å²) in [7, 11) is 0. The molecule has 2 heterocycles. The molecule has 17 heavy (non-hydrogen) atoms. The standard InChI is InChI=1S/C12H8N2O3/c15-12(11-2-1-5-16-11)17-8-3-4-9-10(6-8)14-7-13-9/h1-7H,(H,13,14). The van der Waals surface area contributed by atoms with Gasteiger partial charge < -0.3 is 14.1 Å². The predicted molar refractivity (Wildman–Crippen MR) is 59.8 cm³/mol. The predicted octanol–water partition coefficient (Wildman–Crippen LogP) is 2.38. The lowest BCUT2D eigenvalue weighted by Crippen LogP contribution is -2.06. The van der Waals surface area contributed by atoms with Crippen molar-refractivity contribution in [3.8, 4) is 5.75 Å². The fourth-order valence-corrected chi connectivity index (χ4v) is 1.53. The molecule has 2 aromatic heterocycles. The van der Waals surface area contributed by atoms with Crippen molar-refractivity contribution in [2.45, 2.75) is 0 Å². The lowest BCUT2D eigenvalue weighted by Gasteiger charge is -2.01. The van der Waals surface area contributed by atoms with Crippen LogP contribution in [0.1, 0.15) is 10.6 Å². The average molecular weight is 228 g/mol. The van der Waals surface area contributed by atoms with Gasteiger partial charge in [0.1, 0.15) is 5.75 Å². The summed E-state index contributed by atoms with van der Waals surface area (Å²) < 4.78 is 10.1. The third-order valence-corrected chi connectivity index (χ3v) is 2.33. The van der Waals surface area contributed by atoms with Gasteiger partial charge in [-0.15, -0.1) is 0 Å². The number of hydrogen-bond donors (Lipinski definition) is 1. The van der Waals surface area contributed by atoms with Crippen molar-refractivity contribution in [3.63, 3.8) is 0 Å². The van der Waals surface area contributed by atoms with Gasteiger partial charge in [0.05, 0.1) is 23.6 Å². The van der Waals surface area contributed by atoms with Crippen LogP contribution in [0.5, 0.6) is 5.75 Å². The van der Waals surface area contributed by atoms with Crippen LogP contribution in [-0.4, -0.2) is 15.9 Å². The third kappa shape index (κ3) is 1.78. The summed E-state index contributed by atoms with van der Waals surface area (Å²) in [5, 5.41) is 0. The second kappa shape index (κ2) is 3.79. The molecule has 0 amide bonds. The van der Waals surface area contributed by atoms with E-state index in [-0.39, 0.29) is 5.76 Å². The zero-order valence-corrected chi connectivity index (χ0v) is 8.71. The van der Waals surface area contributed by atoms with Gasteiger partial charge in [-0.05, 0) is 24.3 Å². The minimum absolute atomic E-state index is 0.173. The van der Waals surface area contributed by atoms with Crippen molar-refractivity contribution in [1.82, 2.24) is 9.97 Å². The number of carbonyl (C=O) groups is 1. The largest absolute Gasteiger partial charge is 0.457 e. The number of nitrogens with one attached hydrogen (secondary N) is 1. The highest BCUT2D eigenvalue weighted by molar-refractivity contribution is 5.88. The molecule has 0 saturated carbocycles. The third-order valence-electron chi connectivity index (χ3n) is 2.33. The zero-order chi connectivity index (χ0) is 11.7. The number of esters is 1. The van der Waals surface area contributed by atoms with Crippen molar-refractivity contribution < 1.29 is 13.9 Å². The molecule has 0 aliphatic heterocycles. The van der Waals surface area contributed by atoms with E-state index in [2.05, 4.69) is 9.97 Å². The van der Waals surface area contributed by atoms with Gasteiger partial charge in [-0.2, -0.15) is 0 Å². The van der Waals surface area contributed by atoms with Crippen molar-refractivity contribution in [1.29, 1.82) is 0 Å². The molecular weight excluding hydrogens is 220 g/mol. The second-order valence-electron chi connectivity index (χ2n) is 3.45. The topological polar surface area (TPSA) is 68.1 Å². The maximum atomic E-state index is 11.6. The molecular formula is C12H8N2O3. The SMILES string of the molecule is O=C(Oc1ccc2[nH]cnc2c1)c1ccco1. The molecule has 1 aromatic carbocycles. The Kier molecular flexibility index (Phi) is 2.15. The van der Waals surface area contributed by atoms with Gasteiger partial charge in [0, 0.05) is 6.07 Å². The lowest BCUT2D eigenvalue weighted by atomic mass is 10.3. The molecule has 0 fully saturated rings. The number of ether oxygens (including phenoxy) is 1. The Hall–Kier alpha value is -2.56. The summed E-state index contributed by atoms with van der Waals surface area (Å²) in [6, 6.07) is 8.37. The summed E-state index contributed by atoms with van der Waals surface area (Å²) in [5.41, 5.74) is 1.64. The molecule has 0 unspecified atom stereocenters. The minimum atomic E-state index is -0.523. The van der Waals surface area contributed by atoms with Gasteiger partial charge in [0.2, 0.25) is 5.76 Å². The second-order valence-corrected chi connectivity index (χ2v) is 3.45. The number of aromatic amines is 1.